The molecule has 0 radical (unpaired) electrons. The molecular weight excluding hydrogens is 398 g/mol. The molecule has 26 heavy (non-hydrogen) atoms. The summed E-state index contributed by atoms with van der Waals surface area (Å²) in [6, 6.07) is 0. The molecular formula is C19H28BrN3O3. The molecule has 1 aromatic heterocycles. The summed E-state index contributed by atoms with van der Waals surface area (Å²) < 4.78 is 11.7. The zero-order valence-electron chi connectivity index (χ0n) is 15.6. The van der Waals surface area contributed by atoms with Gasteiger partial charge in [-0.1, -0.05) is 0 Å². The van der Waals surface area contributed by atoms with Gasteiger partial charge in [-0.05, 0) is 79.6 Å². The Bertz CT molecular complexity index is 593. The minimum Gasteiger partial charge on any atom is -0.477 e. The van der Waals surface area contributed by atoms with Crippen LogP contribution in [0.3, 0.4) is 0 Å². The Morgan fingerprint density at radius 2 is 2.04 bits per heavy atom. The van der Waals surface area contributed by atoms with Crippen LogP contribution in [0.4, 0.5) is 4.79 Å². The molecule has 2 aliphatic rings. The summed E-state index contributed by atoms with van der Waals surface area (Å²) in [6.45, 7) is 6.15. The standard InChI is InChI=1S/C19H28BrN3O3/c1-14(2)26-18(24)23-7-5-19(6-8-23)10-15(11-19)4-3-9-25-17-13-21-16(20)12-22-17/h12-15H,3-11H2,1-2H3. The van der Waals surface area contributed by atoms with Crippen LogP contribution in [-0.2, 0) is 4.74 Å². The van der Waals surface area contributed by atoms with Crippen LogP contribution in [0.25, 0.3) is 0 Å². The van der Waals surface area contributed by atoms with Crippen LogP contribution in [0.15, 0.2) is 17.0 Å². The Labute approximate surface area is 163 Å². The number of aromatic nitrogens is 2. The molecule has 1 aromatic rings. The largest absolute Gasteiger partial charge is 0.477 e. The molecule has 1 saturated carbocycles. The quantitative estimate of drug-likeness (QED) is 0.630. The first-order valence-corrected chi connectivity index (χ1v) is 10.3. The summed E-state index contributed by atoms with van der Waals surface area (Å²) in [5.41, 5.74) is 0.470. The Morgan fingerprint density at radius 1 is 1.31 bits per heavy atom. The summed E-state index contributed by atoms with van der Waals surface area (Å²) in [5, 5.41) is 0. The fourth-order valence-corrected chi connectivity index (χ4v) is 4.35. The SMILES string of the molecule is CC(C)OC(=O)N1CCC2(CC1)CC(CCCOc1cnc(Br)cn1)C2. The number of amides is 1. The number of likely N-dealkylation sites (tertiary alicyclic amines) is 1. The maximum absolute atomic E-state index is 12.0. The Balaban J connectivity index is 1.30. The number of rotatable bonds is 6. The first kappa shape index (κ1) is 19.4. The Morgan fingerprint density at radius 3 is 2.65 bits per heavy atom. The van der Waals surface area contributed by atoms with Gasteiger partial charge in [0.2, 0.25) is 5.88 Å². The number of halogens is 1. The second-order valence-corrected chi connectivity index (χ2v) is 8.67. The van der Waals surface area contributed by atoms with Gasteiger partial charge in [0.05, 0.1) is 25.1 Å². The second kappa shape index (κ2) is 8.55. The van der Waals surface area contributed by atoms with Gasteiger partial charge in [-0.25, -0.2) is 14.8 Å². The molecule has 6 nitrogen and oxygen atoms in total. The van der Waals surface area contributed by atoms with E-state index in [-0.39, 0.29) is 12.2 Å². The first-order valence-electron chi connectivity index (χ1n) is 9.52. The van der Waals surface area contributed by atoms with Crippen molar-refractivity contribution >= 4 is 22.0 Å². The predicted molar refractivity (Wildman–Crippen MR) is 102 cm³/mol. The van der Waals surface area contributed by atoms with Crippen LogP contribution < -0.4 is 4.74 Å². The highest BCUT2D eigenvalue weighted by atomic mass is 79.9. The molecule has 144 valence electrons. The highest BCUT2D eigenvalue weighted by Crippen LogP contribution is 2.54. The highest BCUT2D eigenvalue weighted by molar-refractivity contribution is 9.10. The fraction of sp³-hybridized carbons (Fsp3) is 0.737. The molecule has 2 fully saturated rings. The molecule has 0 unspecified atom stereocenters. The average molecular weight is 426 g/mol. The molecule has 1 spiro atoms. The smallest absolute Gasteiger partial charge is 0.410 e. The molecule has 0 N–H and O–H groups in total. The van der Waals surface area contributed by atoms with Crippen LogP contribution >= 0.6 is 15.9 Å². The Kier molecular flexibility index (Phi) is 6.37. The molecule has 1 saturated heterocycles. The van der Waals surface area contributed by atoms with E-state index in [0.29, 0.717) is 22.5 Å². The summed E-state index contributed by atoms with van der Waals surface area (Å²) in [5.74, 6) is 1.38. The number of hydrogen-bond donors (Lipinski definition) is 0. The third-order valence-electron chi connectivity index (χ3n) is 5.47. The van der Waals surface area contributed by atoms with Crippen molar-refractivity contribution < 1.29 is 14.3 Å². The van der Waals surface area contributed by atoms with Crippen molar-refractivity contribution in [1.82, 2.24) is 14.9 Å². The van der Waals surface area contributed by atoms with Gasteiger partial charge in [0, 0.05) is 13.1 Å². The number of carbonyl (C=O) groups excluding carboxylic acids is 1. The average Bonchev–Trinajstić information content (AvgIpc) is 2.58. The van der Waals surface area contributed by atoms with Crippen molar-refractivity contribution in [2.45, 2.75) is 58.5 Å². The number of ether oxygens (including phenoxy) is 2. The van der Waals surface area contributed by atoms with E-state index in [4.69, 9.17) is 9.47 Å². The summed E-state index contributed by atoms with van der Waals surface area (Å²) in [6.07, 6.45) is 10.1. The number of piperidine rings is 1. The topological polar surface area (TPSA) is 64.5 Å². The van der Waals surface area contributed by atoms with Crippen LogP contribution in [-0.4, -0.2) is 46.8 Å². The van der Waals surface area contributed by atoms with Gasteiger partial charge in [0.1, 0.15) is 4.60 Å². The van der Waals surface area contributed by atoms with Crippen molar-refractivity contribution in [3.05, 3.63) is 17.0 Å². The molecule has 3 rings (SSSR count). The summed E-state index contributed by atoms with van der Waals surface area (Å²) in [4.78, 5) is 22.1. The molecule has 1 aliphatic carbocycles. The van der Waals surface area contributed by atoms with E-state index in [0.717, 1.165) is 38.3 Å². The lowest BCUT2D eigenvalue weighted by atomic mass is 9.56. The third-order valence-corrected chi connectivity index (χ3v) is 5.87. The zero-order chi connectivity index (χ0) is 18.6. The van der Waals surface area contributed by atoms with E-state index < -0.39 is 0 Å². The van der Waals surface area contributed by atoms with Crippen LogP contribution in [0.5, 0.6) is 5.88 Å². The lowest BCUT2D eigenvalue weighted by molar-refractivity contribution is -0.0204. The van der Waals surface area contributed by atoms with E-state index in [1.807, 2.05) is 18.7 Å². The molecule has 1 aliphatic heterocycles. The van der Waals surface area contributed by atoms with Crippen LogP contribution in [0.1, 0.15) is 52.4 Å². The summed E-state index contributed by atoms with van der Waals surface area (Å²) >= 11 is 3.26. The third kappa shape index (κ3) is 5.09. The molecule has 0 bridgehead atoms. The van der Waals surface area contributed by atoms with Crippen molar-refractivity contribution in [3.8, 4) is 5.88 Å². The maximum atomic E-state index is 12.0. The van der Waals surface area contributed by atoms with Gasteiger partial charge in [-0.15, -0.1) is 0 Å². The first-order chi connectivity index (χ1) is 12.5. The minimum absolute atomic E-state index is 0.0444. The lowest BCUT2D eigenvalue weighted by Crippen LogP contribution is -2.49. The van der Waals surface area contributed by atoms with Crippen molar-refractivity contribution in [3.63, 3.8) is 0 Å². The van der Waals surface area contributed by atoms with Crippen molar-refractivity contribution in [2.75, 3.05) is 19.7 Å². The van der Waals surface area contributed by atoms with Gasteiger partial charge in [-0.2, -0.15) is 0 Å². The molecule has 2 heterocycles. The second-order valence-electron chi connectivity index (χ2n) is 7.86. The molecule has 1 amide bonds. The number of carbonyl (C=O) groups is 1. The minimum atomic E-state index is -0.154. The predicted octanol–water partition coefficient (Wildman–Crippen LogP) is 4.44. The van der Waals surface area contributed by atoms with Gasteiger partial charge in [-0.3, -0.25) is 0 Å². The van der Waals surface area contributed by atoms with Gasteiger partial charge in [0.25, 0.3) is 0 Å². The van der Waals surface area contributed by atoms with Crippen molar-refractivity contribution in [1.29, 1.82) is 0 Å². The summed E-state index contributed by atoms with van der Waals surface area (Å²) in [7, 11) is 0. The van der Waals surface area contributed by atoms with Crippen molar-refractivity contribution in [2.24, 2.45) is 11.3 Å². The molecule has 7 heteroatoms. The monoisotopic (exact) mass is 425 g/mol. The highest BCUT2D eigenvalue weighted by Gasteiger charge is 2.45. The van der Waals surface area contributed by atoms with E-state index >= 15 is 0 Å². The maximum Gasteiger partial charge on any atom is 0.410 e. The number of hydrogen-bond acceptors (Lipinski definition) is 5. The van der Waals surface area contributed by atoms with E-state index in [2.05, 4.69) is 25.9 Å². The normalized spacial score (nSPS) is 19.5. The number of nitrogens with zero attached hydrogens (tertiary/aromatic N) is 3. The molecule has 0 aromatic carbocycles. The lowest BCUT2D eigenvalue weighted by Gasteiger charge is -2.52. The van der Waals surface area contributed by atoms with E-state index in [1.165, 1.54) is 19.3 Å². The van der Waals surface area contributed by atoms with E-state index in [9.17, 15) is 4.79 Å². The Hall–Kier alpha value is -1.37. The van der Waals surface area contributed by atoms with Gasteiger partial charge < -0.3 is 14.4 Å². The van der Waals surface area contributed by atoms with Crippen LogP contribution in [0.2, 0.25) is 0 Å². The van der Waals surface area contributed by atoms with Gasteiger partial charge >= 0.3 is 6.09 Å². The van der Waals surface area contributed by atoms with E-state index in [1.54, 1.807) is 12.4 Å². The van der Waals surface area contributed by atoms with Gasteiger partial charge in [0.15, 0.2) is 0 Å². The molecule has 0 atom stereocenters. The fourth-order valence-electron chi connectivity index (χ4n) is 4.14. The zero-order valence-corrected chi connectivity index (χ0v) is 17.2. The van der Waals surface area contributed by atoms with Crippen LogP contribution in [0, 0.1) is 11.3 Å².